The lowest BCUT2D eigenvalue weighted by Gasteiger charge is -1.98. The summed E-state index contributed by atoms with van der Waals surface area (Å²) in [5.74, 6) is 0.506. The van der Waals surface area contributed by atoms with Gasteiger partial charge in [-0.15, -0.1) is 11.3 Å². The Kier molecular flexibility index (Phi) is 2.93. The smallest absolute Gasteiger partial charge is 0.152 e. The number of hydrogen-bond acceptors (Lipinski definition) is 4. The molecule has 1 saturated heterocycles. The predicted octanol–water partition coefficient (Wildman–Crippen LogP) is 1.66. The average molecular weight is 243 g/mol. The average Bonchev–Trinajstić information content (AvgIpc) is 2.69. The highest BCUT2D eigenvalue weighted by Crippen LogP contribution is 2.17. The molecule has 2 rings (SSSR count). The van der Waals surface area contributed by atoms with Gasteiger partial charge in [0.05, 0.1) is 17.5 Å². The van der Waals surface area contributed by atoms with Gasteiger partial charge in [0.15, 0.2) is 9.84 Å². The van der Waals surface area contributed by atoms with Crippen molar-refractivity contribution >= 4 is 27.4 Å². The molecule has 5 heteroatoms. The fourth-order valence-electron chi connectivity index (χ4n) is 1.58. The molecule has 0 unspecified atom stereocenters. The van der Waals surface area contributed by atoms with Crippen LogP contribution >= 0.6 is 11.3 Å². The van der Waals surface area contributed by atoms with E-state index in [4.69, 9.17) is 0 Å². The highest BCUT2D eigenvalue weighted by molar-refractivity contribution is 7.91. The first kappa shape index (κ1) is 10.8. The van der Waals surface area contributed by atoms with Gasteiger partial charge in [0.25, 0.3) is 0 Å². The van der Waals surface area contributed by atoms with Gasteiger partial charge in [-0.3, -0.25) is 4.99 Å². The van der Waals surface area contributed by atoms with Gasteiger partial charge in [-0.1, -0.05) is 0 Å². The Balaban J connectivity index is 2.05. The zero-order valence-electron chi connectivity index (χ0n) is 8.51. The van der Waals surface area contributed by atoms with Crippen LogP contribution in [0.25, 0.3) is 0 Å². The fourth-order valence-corrected chi connectivity index (χ4v) is 4.01. The molecule has 1 aliphatic heterocycles. The van der Waals surface area contributed by atoms with Crippen molar-refractivity contribution in [2.75, 3.05) is 11.5 Å². The van der Waals surface area contributed by atoms with Gasteiger partial charge in [0.1, 0.15) is 0 Å². The summed E-state index contributed by atoms with van der Waals surface area (Å²) < 4.78 is 22.4. The van der Waals surface area contributed by atoms with Crippen molar-refractivity contribution in [3.8, 4) is 0 Å². The summed E-state index contributed by atoms with van der Waals surface area (Å²) in [4.78, 5) is 5.45. The van der Waals surface area contributed by atoms with Crippen LogP contribution in [0.2, 0.25) is 0 Å². The van der Waals surface area contributed by atoms with Crippen LogP contribution in [0.4, 0.5) is 0 Å². The standard InChI is InChI=1S/C10H13NO2S2/c1-8-2-4-14-10(8)6-11-9-3-5-15(12,13)7-9/h2,4,6,9H,3,5,7H2,1H3/t9-/m0/s1. The molecule has 3 nitrogen and oxygen atoms in total. The number of rotatable bonds is 2. The first-order valence-electron chi connectivity index (χ1n) is 4.84. The summed E-state index contributed by atoms with van der Waals surface area (Å²) in [6.07, 6.45) is 2.48. The maximum atomic E-state index is 11.2. The number of thiophene rings is 1. The maximum absolute atomic E-state index is 11.2. The van der Waals surface area contributed by atoms with E-state index in [0.29, 0.717) is 12.2 Å². The maximum Gasteiger partial charge on any atom is 0.152 e. The van der Waals surface area contributed by atoms with Crippen molar-refractivity contribution in [2.24, 2.45) is 4.99 Å². The zero-order chi connectivity index (χ0) is 10.9. The number of aliphatic imine (C=N–C) groups is 1. The van der Waals surface area contributed by atoms with Gasteiger partial charge < -0.3 is 0 Å². The largest absolute Gasteiger partial charge is 0.287 e. The predicted molar refractivity (Wildman–Crippen MR) is 63.7 cm³/mol. The molecule has 2 heterocycles. The van der Waals surface area contributed by atoms with E-state index in [2.05, 4.69) is 4.99 Å². The lowest BCUT2D eigenvalue weighted by Crippen LogP contribution is -2.07. The van der Waals surface area contributed by atoms with Crippen molar-refractivity contribution in [3.05, 3.63) is 21.9 Å². The molecule has 1 aromatic rings. The first-order valence-corrected chi connectivity index (χ1v) is 7.55. The van der Waals surface area contributed by atoms with Gasteiger partial charge >= 0.3 is 0 Å². The molecular weight excluding hydrogens is 230 g/mol. The van der Waals surface area contributed by atoms with Crippen LogP contribution in [0.5, 0.6) is 0 Å². The van der Waals surface area contributed by atoms with Crippen LogP contribution in [0.1, 0.15) is 16.9 Å². The van der Waals surface area contributed by atoms with Gasteiger partial charge in [0, 0.05) is 11.1 Å². The zero-order valence-corrected chi connectivity index (χ0v) is 10.1. The van der Waals surface area contributed by atoms with Crippen molar-refractivity contribution < 1.29 is 8.42 Å². The quantitative estimate of drug-likeness (QED) is 0.742. The highest BCUT2D eigenvalue weighted by atomic mass is 32.2. The lowest BCUT2D eigenvalue weighted by atomic mass is 10.3. The van der Waals surface area contributed by atoms with Crippen molar-refractivity contribution in [1.82, 2.24) is 0 Å². The third-order valence-electron chi connectivity index (χ3n) is 2.51. The number of hydrogen-bond donors (Lipinski definition) is 0. The minimum absolute atomic E-state index is 0.0310. The fraction of sp³-hybridized carbons (Fsp3) is 0.500. The van der Waals surface area contributed by atoms with E-state index in [1.165, 1.54) is 5.56 Å². The van der Waals surface area contributed by atoms with E-state index in [1.807, 2.05) is 24.6 Å². The third-order valence-corrected chi connectivity index (χ3v) is 5.22. The summed E-state index contributed by atoms with van der Waals surface area (Å²) in [6.45, 7) is 2.03. The monoisotopic (exact) mass is 243 g/mol. The van der Waals surface area contributed by atoms with E-state index < -0.39 is 9.84 Å². The molecule has 1 fully saturated rings. The van der Waals surface area contributed by atoms with E-state index >= 15 is 0 Å². The Labute approximate surface area is 93.8 Å². The molecule has 1 atom stereocenters. The Morgan fingerprint density at radius 1 is 1.60 bits per heavy atom. The Bertz CT molecular complexity index is 473. The van der Waals surface area contributed by atoms with E-state index in [0.717, 1.165) is 4.88 Å². The molecule has 0 saturated carbocycles. The van der Waals surface area contributed by atoms with Gasteiger partial charge in [-0.05, 0) is 30.4 Å². The third kappa shape index (κ3) is 2.66. The second kappa shape index (κ2) is 4.06. The van der Waals surface area contributed by atoms with E-state index in [-0.39, 0.29) is 11.8 Å². The van der Waals surface area contributed by atoms with Crippen LogP contribution in [-0.4, -0.2) is 32.2 Å². The normalized spacial score (nSPS) is 25.0. The summed E-state index contributed by atoms with van der Waals surface area (Å²) in [7, 11) is -2.81. The molecule has 0 N–H and O–H groups in total. The Morgan fingerprint density at radius 2 is 2.40 bits per heavy atom. The van der Waals surface area contributed by atoms with E-state index in [1.54, 1.807) is 11.3 Å². The van der Waals surface area contributed by atoms with Crippen molar-refractivity contribution in [3.63, 3.8) is 0 Å². The Morgan fingerprint density at radius 3 is 2.93 bits per heavy atom. The van der Waals surface area contributed by atoms with Gasteiger partial charge in [-0.25, -0.2) is 8.42 Å². The number of sulfone groups is 1. The summed E-state index contributed by atoms with van der Waals surface area (Å²) in [5.41, 5.74) is 1.20. The van der Waals surface area contributed by atoms with Crippen molar-refractivity contribution in [1.29, 1.82) is 0 Å². The second-order valence-electron chi connectivity index (χ2n) is 3.80. The lowest BCUT2D eigenvalue weighted by molar-refractivity contribution is 0.601. The van der Waals surface area contributed by atoms with Crippen LogP contribution < -0.4 is 0 Å². The SMILES string of the molecule is Cc1ccsc1C=N[C@H]1CCS(=O)(=O)C1. The summed E-state index contributed by atoms with van der Waals surface area (Å²) in [6, 6.07) is 2.01. The molecule has 15 heavy (non-hydrogen) atoms. The van der Waals surface area contributed by atoms with Crippen LogP contribution in [0.15, 0.2) is 16.4 Å². The second-order valence-corrected chi connectivity index (χ2v) is 6.98. The van der Waals surface area contributed by atoms with Gasteiger partial charge in [0.2, 0.25) is 0 Å². The van der Waals surface area contributed by atoms with Crippen molar-refractivity contribution in [2.45, 2.75) is 19.4 Å². The summed E-state index contributed by atoms with van der Waals surface area (Å²) >= 11 is 1.63. The van der Waals surface area contributed by atoms with Gasteiger partial charge in [-0.2, -0.15) is 0 Å². The molecule has 0 bridgehead atoms. The number of nitrogens with zero attached hydrogens (tertiary/aromatic N) is 1. The van der Waals surface area contributed by atoms with E-state index in [9.17, 15) is 8.42 Å². The summed E-state index contributed by atoms with van der Waals surface area (Å²) in [5, 5.41) is 2.02. The molecule has 0 aliphatic carbocycles. The molecule has 0 amide bonds. The number of aryl methyl sites for hydroxylation is 1. The minimum Gasteiger partial charge on any atom is -0.287 e. The topological polar surface area (TPSA) is 46.5 Å². The molecule has 0 spiro atoms. The molecular formula is C10H13NO2S2. The first-order chi connectivity index (χ1) is 7.07. The molecule has 0 radical (unpaired) electrons. The van der Waals surface area contributed by atoms with Crippen LogP contribution in [-0.2, 0) is 9.84 Å². The minimum atomic E-state index is -2.81. The molecule has 1 aliphatic rings. The molecule has 0 aromatic carbocycles. The highest BCUT2D eigenvalue weighted by Gasteiger charge is 2.26. The molecule has 1 aromatic heterocycles. The van der Waals surface area contributed by atoms with Crippen LogP contribution in [0, 0.1) is 6.92 Å². The molecule has 82 valence electrons. The van der Waals surface area contributed by atoms with Crippen LogP contribution in [0.3, 0.4) is 0 Å². The Hall–Kier alpha value is -0.680.